The van der Waals surface area contributed by atoms with Crippen molar-refractivity contribution in [2.24, 2.45) is 5.84 Å². The number of carbonyl (C=O) groups excluding carboxylic acids is 1. The summed E-state index contributed by atoms with van der Waals surface area (Å²) in [5.41, 5.74) is 2.62. The van der Waals surface area contributed by atoms with Crippen molar-refractivity contribution in [2.45, 2.75) is 26.2 Å². The molecule has 0 unspecified atom stereocenters. The number of nitrogen functional groups attached to an aromatic ring is 1. The highest BCUT2D eigenvalue weighted by atomic mass is 32.2. The zero-order chi connectivity index (χ0) is 13.9. The second-order valence-corrected chi connectivity index (χ2v) is 5.39. The molecule has 0 aliphatic carbocycles. The SMILES string of the molecule is CCCCCSCCOc1cccc(C(=O)NN)c1. The Kier molecular flexibility index (Phi) is 8.09. The van der Waals surface area contributed by atoms with Gasteiger partial charge in [0.25, 0.3) is 5.91 Å². The largest absolute Gasteiger partial charge is 0.493 e. The quantitative estimate of drug-likeness (QED) is 0.316. The van der Waals surface area contributed by atoms with Crippen molar-refractivity contribution in [3.63, 3.8) is 0 Å². The van der Waals surface area contributed by atoms with Gasteiger partial charge >= 0.3 is 0 Å². The Balaban J connectivity index is 2.24. The first kappa shape index (κ1) is 15.9. The molecular weight excluding hydrogens is 260 g/mol. The maximum atomic E-state index is 11.3. The van der Waals surface area contributed by atoms with Crippen molar-refractivity contribution >= 4 is 17.7 Å². The maximum absolute atomic E-state index is 11.3. The lowest BCUT2D eigenvalue weighted by Crippen LogP contribution is -2.29. The van der Waals surface area contributed by atoms with Crippen LogP contribution < -0.4 is 16.0 Å². The number of unbranched alkanes of at least 4 members (excludes halogenated alkanes) is 2. The number of ether oxygens (including phenoxy) is 1. The van der Waals surface area contributed by atoms with Crippen LogP contribution in [0.1, 0.15) is 36.5 Å². The summed E-state index contributed by atoms with van der Waals surface area (Å²) in [7, 11) is 0. The highest BCUT2D eigenvalue weighted by Crippen LogP contribution is 2.14. The molecule has 0 saturated carbocycles. The van der Waals surface area contributed by atoms with Gasteiger partial charge in [-0.25, -0.2) is 5.84 Å². The Hall–Kier alpha value is -1.20. The van der Waals surface area contributed by atoms with Gasteiger partial charge in [0.2, 0.25) is 0 Å². The molecule has 1 amide bonds. The Morgan fingerprint density at radius 3 is 2.95 bits per heavy atom. The molecule has 0 bridgehead atoms. The second-order valence-electron chi connectivity index (χ2n) is 4.17. The molecule has 5 heteroatoms. The molecule has 1 rings (SSSR count). The molecule has 1 aromatic carbocycles. The number of hydrogen-bond donors (Lipinski definition) is 2. The summed E-state index contributed by atoms with van der Waals surface area (Å²) in [5, 5.41) is 0. The summed E-state index contributed by atoms with van der Waals surface area (Å²) in [4.78, 5) is 11.3. The summed E-state index contributed by atoms with van der Waals surface area (Å²) in [6.07, 6.45) is 3.82. The van der Waals surface area contributed by atoms with Gasteiger partial charge in [-0.05, 0) is 30.4 Å². The minimum absolute atomic E-state index is 0.306. The summed E-state index contributed by atoms with van der Waals surface area (Å²) in [6, 6.07) is 7.03. The van der Waals surface area contributed by atoms with Gasteiger partial charge in [-0.2, -0.15) is 11.8 Å². The fourth-order valence-corrected chi connectivity index (χ4v) is 2.40. The van der Waals surface area contributed by atoms with Crippen LogP contribution in [0.25, 0.3) is 0 Å². The van der Waals surface area contributed by atoms with Crippen LogP contribution in [-0.2, 0) is 0 Å². The Morgan fingerprint density at radius 1 is 1.37 bits per heavy atom. The van der Waals surface area contributed by atoms with Crippen molar-refractivity contribution < 1.29 is 9.53 Å². The van der Waals surface area contributed by atoms with E-state index in [9.17, 15) is 4.79 Å². The molecule has 4 nitrogen and oxygen atoms in total. The maximum Gasteiger partial charge on any atom is 0.265 e. The summed E-state index contributed by atoms with van der Waals surface area (Å²) in [5.74, 6) is 7.64. The van der Waals surface area contributed by atoms with Crippen LogP contribution in [0.2, 0.25) is 0 Å². The molecule has 0 atom stereocenters. The first-order chi connectivity index (χ1) is 9.27. The fourth-order valence-electron chi connectivity index (χ4n) is 1.59. The zero-order valence-corrected chi connectivity index (χ0v) is 12.2. The van der Waals surface area contributed by atoms with E-state index < -0.39 is 0 Å². The average molecular weight is 282 g/mol. The molecule has 0 aliphatic rings. The summed E-state index contributed by atoms with van der Waals surface area (Å²) >= 11 is 1.90. The highest BCUT2D eigenvalue weighted by Gasteiger charge is 2.04. The molecule has 3 N–H and O–H groups in total. The molecular formula is C14H22N2O2S. The van der Waals surface area contributed by atoms with Crippen LogP contribution in [0.4, 0.5) is 0 Å². The van der Waals surface area contributed by atoms with E-state index in [-0.39, 0.29) is 5.91 Å². The fraction of sp³-hybridized carbons (Fsp3) is 0.500. The van der Waals surface area contributed by atoms with Crippen LogP contribution in [0.15, 0.2) is 24.3 Å². The Labute approximate surface area is 119 Å². The van der Waals surface area contributed by atoms with Gasteiger partial charge in [-0.15, -0.1) is 0 Å². The number of carbonyl (C=O) groups is 1. The van der Waals surface area contributed by atoms with E-state index in [0.29, 0.717) is 17.9 Å². The Bertz CT molecular complexity index is 385. The monoisotopic (exact) mass is 282 g/mol. The predicted molar refractivity (Wildman–Crippen MR) is 80.4 cm³/mol. The molecule has 0 saturated heterocycles. The van der Waals surface area contributed by atoms with Crippen LogP contribution in [0, 0.1) is 0 Å². The van der Waals surface area contributed by atoms with Crippen molar-refractivity contribution in [2.75, 3.05) is 18.1 Å². The van der Waals surface area contributed by atoms with Gasteiger partial charge in [0.15, 0.2) is 0 Å². The smallest absolute Gasteiger partial charge is 0.265 e. The number of hydrogen-bond acceptors (Lipinski definition) is 4. The molecule has 106 valence electrons. The van der Waals surface area contributed by atoms with Crippen LogP contribution in [0.3, 0.4) is 0 Å². The van der Waals surface area contributed by atoms with Crippen LogP contribution in [-0.4, -0.2) is 24.0 Å². The van der Waals surface area contributed by atoms with Crippen molar-refractivity contribution in [3.05, 3.63) is 29.8 Å². The lowest BCUT2D eigenvalue weighted by atomic mass is 10.2. The number of amides is 1. The third kappa shape index (κ3) is 6.50. The number of rotatable bonds is 9. The standard InChI is InChI=1S/C14H22N2O2S/c1-2-3-4-9-19-10-8-18-13-7-5-6-12(11-13)14(17)16-15/h5-7,11H,2-4,8-10,15H2,1H3,(H,16,17). The minimum atomic E-state index is -0.306. The second kappa shape index (κ2) is 9.69. The van der Waals surface area contributed by atoms with Crippen molar-refractivity contribution in [3.8, 4) is 5.75 Å². The van der Waals surface area contributed by atoms with Gasteiger partial charge in [-0.1, -0.05) is 25.8 Å². The number of nitrogens with two attached hydrogens (primary N) is 1. The minimum Gasteiger partial charge on any atom is -0.493 e. The van der Waals surface area contributed by atoms with E-state index >= 15 is 0 Å². The van der Waals surface area contributed by atoms with Gasteiger partial charge in [-0.3, -0.25) is 10.2 Å². The molecule has 1 aromatic rings. The zero-order valence-electron chi connectivity index (χ0n) is 11.4. The van der Waals surface area contributed by atoms with Gasteiger partial charge in [0, 0.05) is 11.3 Å². The lowest BCUT2D eigenvalue weighted by Gasteiger charge is -2.07. The van der Waals surface area contributed by atoms with Crippen LogP contribution in [0.5, 0.6) is 5.75 Å². The molecule has 0 aromatic heterocycles. The van der Waals surface area contributed by atoms with E-state index in [1.807, 2.05) is 17.8 Å². The average Bonchev–Trinajstić information content (AvgIpc) is 2.46. The Morgan fingerprint density at radius 2 is 2.21 bits per heavy atom. The normalized spacial score (nSPS) is 10.2. The van der Waals surface area contributed by atoms with E-state index in [4.69, 9.17) is 10.6 Å². The number of benzene rings is 1. The van der Waals surface area contributed by atoms with Gasteiger partial charge in [0.1, 0.15) is 5.75 Å². The number of hydrazine groups is 1. The number of nitrogens with one attached hydrogen (secondary N) is 1. The van der Waals surface area contributed by atoms with Crippen molar-refractivity contribution in [1.29, 1.82) is 0 Å². The summed E-state index contributed by atoms with van der Waals surface area (Å²) < 4.78 is 5.61. The van der Waals surface area contributed by atoms with Gasteiger partial charge in [0.05, 0.1) is 6.61 Å². The lowest BCUT2D eigenvalue weighted by molar-refractivity contribution is 0.0953. The first-order valence-corrected chi connectivity index (χ1v) is 7.75. The molecule has 0 fully saturated rings. The van der Waals surface area contributed by atoms with Crippen LogP contribution >= 0.6 is 11.8 Å². The molecule has 0 heterocycles. The van der Waals surface area contributed by atoms with E-state index in [1.165, 1.54) is 25.0 Å². The third-order valence-corrected chi connectivity index (χ3v) is 3.65. The topological polar surface area (TPSA) is 64.3 Å². The molecule has 0 spiro atoms. The molecule has 19 heavy (non-hydrogen) atoms. The predicted octanol–water partition coefficient (Wildman–Crippen LogP) is 2.59. The summed E-state index contributed by atoms with van der Waals surface area (Å²) in [6.45, 7) is 2.86. The number of thioether (sulfide) groups is 1. The van der Waals surface area contributed by atoms with E-state index in [0.717, 1.165) is 5.75 Å². The van der Waals surface area contributed by atoms with Crippen molar-refractivity contribution in [1.82, 2.24) is 5.43 Å². The van der Waals surface area contributed by atoms with Gasteiger partial charge < -0.3 is 4.74 Å². The van der Waals surface area contributed by atoms with E-state index in [1.54, 1.807) is 18.2 Å². The molecule has 0 aliphatic heterocycles. The molecule has 0 radical (unpaired) electrons. The van der Waals surface area contributed by atoms with E-state index in [2.05, 4.69) is 12.3 Å². The third-order valence-electron chi connectivity index (χ3n) is 2.62. The first-order valence-electron chi connectivity index (χ1n) is 6.59. The highest BCUT2D eigenvalue weighted by molar-refractivity contribution is 7.99.